The molecule has 0 bridgehead atoms. The molecule has 0 spiro atoms. The molecule has 2 saturated heterocycles. The number of nitrogens with one attached hydrogen (secondary N) is 1. The highest BCUT2D eigenvalue weighted by molar-refractivity contribution is 5.83. The molecular weight excluding hydrogens is 259 g/mol. The van der Waals surface area contributed by atoms with Crippen molar-refractivity contribution in [2.24, 2.45) is 0 Å². The van der Waals surface area contributed by atoms with E-state index in [4.69, 9.17) is 0 Å². The van der Waals surface area contributed by atoms with Crippen molar-refractivity contribution in [1.29, 1.82) is 0 Å². The van der Waals surface area contributed by atoms with Crippen LogP contribution < -0.4 is 5.32 Å². The molecule has 2 unspecified atom stereocenters. The van der Waals surface area contributed by atoms with Gasteiger partial charge in [0, 0.05) is 18.3 Å². The van der Waals surface area contributed by atoms with Crippen LogP contribution in [0.1, 0.15) is 25.7 Å². The maximum absolute atomic E-state index is 13.3. The molecule has 3 rings (SSSR count). The second-order valence-electron chi connectivity index (χ2n) is 5.81. The number of hydrogen-bond donors (Lipinski definition) is 2. The van der Waals surface area contributed by atoms with Crippen molar-refractivity contribution in [2.75, 3.05) is 18.4 Å². The minimum Gasteiger partial charge on any atom is -0.480 e. The fourth-order valence-corrected chi connectivity index (χ4v) is 3.46. The van der Waals surface area contributed by atoms with Crippen LogP contribution in [-0.2, 0) is 4.79 Å². The van der Waals surface area contributed by atoms with Gasteiger partial charge >= 0.3 is 5.97 Å². The van der Waals surface area contributed by atoms with Crippen molar-refractivity contribution in [2.45, 2.75) is 37.3 Å². The number of carboxylic acid groups (broad SMARTS) is 1. The fraction of sp³-hybridized carbons (Fsp3) is 0.533. The molecule has 2 aliphatic heterocycles. The third kappa shape index (κ3) is 2.38. The van der Waals surface area contributed by atoms with Crippen LogP contribution in [0.5, 0.6) is 0 Å². The molecule has 0 saturated carbocycles. The first-order valence-electron chi connectivity index (χ1n) is 7.10. The summed E-state index contributed by atoms with van der Waals surface area (Å²) in [4.78, 5) is 14.1. The van der Waals surface area contributed by atoms with E-state index in [2.05, 4.69) is 10.2 Å². The van der Waals surface area contributed by atoms with E-state index in [0.717, 1.165) is 25.9 Å². The number of nitrogens with zero attached hydrogens (tertiary/aromatic N) is 1. The van der Waals surface area contributed by atoms with Crippen LogP contribution in [-0.4, -0.2) is 40.6 Å². The molecule has 5 heteroatoms. The van der Waals surface area contributed by atoms with Gasteiger partial charge in [0.1, 0.15) is 11.4 Å². The minimum atomic E-state index is -0.973. The second kappa shape index (κ2) is 5.05. The zero-order valence-electron chi connectivity index (χ0n) is 11.3. The zero-order chi connectivity index (χ0) is 14.2. The summed E-state index contributed by atoms with van der Waals surface area (Å²) in [6.45, 7) is 1.86. The van der Waals surface area contributed by atoms with Crippen LogP contribution in [0.4, 0.5) is 10.1 Å². The average molecular weight is 278 g/mol. The Morgan fingerprint density at radius 2 is 2.30 bits per heavy atom. The lowest BCUT2D eigenvalue weighted by molar-refractivity contribution is -0.144. The topological polar surface area (TPSA) is 52.6 Å². The number of benzene rings is 1. The zero-order valence-corrected chi connectivity index (χ0v) is 11.3. The molecule has 0 aliphatic carbocycles. The molecule has 2 heterocycles. The summed E-state index contributed by atoms with van der Waals surface area (Å²) in [6, 6.07) is 6.36. The van der Waals surface area contributed by atoms with E-state index in [9.17, 15) is 14.3 Å². The van der Waals surface area contributed by atoms with E-state index < -0.39 is 11.5 Å². The Hall–Kier alpha value is -1.62. The van der Waals surface area contributed by atoms with Crippen molar-refractivity contribution in [3.8, 4) is 0 Å². The first kappa shape index (κ1) is 13.4. The monoisotopic (exact) mass is 278 g/mol. The Morgan fingerprint density at radius 1 is 1.45 bits per heavy atom. The molecule has 1 aromatic rings. The lowest BCUT2D eigenvalue weighted by atomic mass is 9.83. The van der Waals surface area contributed by atoms with Gasteiger partial charge in [-0.05, 0) is 50.4 Å². The van der Waals surface area contributed by atoms with E-state index in [0.29, 0.717) is 24.6 Å². The first-order valence-corrected chi connectivity index (χ1v) is 7.10. The Kier molecular flexibility index (Phi) is 3.38. The molecular formula is C15H19FN2O2. The summed E-state index contributed by atoms with van der Waals surface area (Å²) in [5.74, 6) is -1.19. The van der Waals surface area contributed by atoms with Gasteiger partial charge in [0.2, 0.25) is 0 Å². The van der Waals surface area contributed by atoms with Crippen LogP contribution in [0.3, 0.4) is 0 Å². The summed E-state index contributed by atoms with van der Waals surface area (Å²) in [5, 5.41) is 12.7. The quantitative estimate of drug-likeness (QED) is 0.891. The third-order valence-corrected chi connectivity index (χ3v) is 4.53. The number of fused-ring (bicyclic) bond motifs is 1. The molecule has 0 amide bonds. The number of aliphatic carboxylic acids is 1. The maximum atomic E-state index is 13.3. The Morgan fingerprint density at radius 3 is 3.05 bits per heavy atom. The molecule has 2 fully saturated rings. The largest absolute Gasteiger partial charge is 0.480 e. The Bertz CT molecular complexity index is 522. The van der Waals surface area contributed by atoms with Gasteiger partial charge in [0.05, 0.1) is 0 Å². The number of anilines is 1. The molecule has 0 aromatic heterocycles. The summed E-state index contributed by atoms with van der Waals surface area (Å²) < 4.78 is 13.3. The molecule has 1 aromatic carbocycles. The van der Waals surface area contributed by atoms with Crippen molar-refractivity contribution in [1.82, 2.24) is 4.90 Å². The number of carboxylic acids is 1. The summed E-state index contributed by atoms with van der Waals surface area (Å²) in [7, 11) is 0. The summed E-state index contributed by atoms with van der Waals surface area (Å²) >= 11 is 0. The number of halogens is 1. The Balaban J connectivity index is 1.83. The molecule has 2 atom stereocenters. The molecule has 20 heavy (non-hydrogen) atoms. The van der Waals surface area contributed by atoms with E-state index in [1.54, 1.807) is 12.1 Å². The second-order valence-corrected chi connectivity index (χ2v) is 5.81. The smallest absolute Gasteiger partial charge is 0.329 e. The SMILES string of the molecule is O=C(O)C1(Nc2cccc(F)c2)CCN2CCCC2C1. The molecule has 4 nitrogen and oxygen atoms in total. The van der Waals surface area contributed by atoms with Gasteiger partial charge in [-0.1, -0.05) is 6.07 Å². The van der Waals surface area contributed by atoms with Crippen molar-refractivity contribution in [3.63, 3.8) is 0 Å². The van der Waals surface area contributed by atoms with Crippen LogP contribution in [0.15, 0.2) is 24.3 Å². The minimum absolute atomic E-state index is 0.334. The molecule has 2 N–H and O–H groups in total. The highest BCUT2D eigenvalue weighted by Gasteiger charge is 2.46. The number of hydrogen-bond acceptors (Lipinski definition) is 3. The molecule has 108 valence electrons. The molecule has 0 radical (unpaired) electrons. The van der Waals surface area contributed by atoms with Crippen molar-refractivity contribution in [3.05, 3.63) is 30.1 Å². The van der Waals surface area contributed by atoms with Gasteiger partial charge in [0.25, 0.3) is 0 Å². The lowest BCUT2D eigenvalue weighted by Gasteiger charge is -2.42. The number of piperidine rings is 1. The summed E-state index contributed by atoms with van der Waals surface area (Å²) in [6.07, 6.45) is 3.33. The van der Waals surface area contributed by atoms with Gasteiger partial charge in [-0.25, -0.2) is 9.18 Å². The third-order valence-electron chi connectivity index (χ3n) is 4.53. The van der Waals surface area contributed by atoms with E-state index >= 15 is 0 Å². The highest BCUT2D eigenvalue weighted by atomic mass is 19.1. The number of carbonyl (C=O) groups is 1. The van der Waals surface area contributed by atoms with E-state index in [1.807, 2.05) is 0 Å². The lowest BCUT2D eigenvalue weighted by Crippen LogP contribution is -2.56. The van der Waals surface area contributed by atoms with Crippen LogP contribution >= 0.6 is 0 Å². The van der Waals surface area contributed by atoms with Gasteiger partial charge in [-0.2, -0.15) is 0 Å². The highest BCUT2D eigenvalue weighted by Crippen LogP contribution is 2.35. The first-order chi connectivity index (χ1) is 9.59. The predicted molar refractivity (Wildman–Crippen MR) is 74.2 cm³/mol. The summed E-state index contributed by atoms with van der Waals surface area (Å²) in [5.41, 5.74) is -0.432. The normalized spacial score (nSPS) is 29.9. The van der Waals surface area contributed by atoms with Gasteiger partial charge in [-0.15, -0.1) is 0 Å². The standard InChI is InChI=1S/C15H19FN2O2/c16-11-3-1-4-12(9-11)17-15(14(19)20)6-8-18-7-2-5-13(18)10-15/h1,3-4,9,13,17H,2,5-8,10H2,(H,19,20). The van der Waals surface area contributed by atoms with Gasteiger partial charge < -0.3 is 15.3 Å². The van der Waals surface area contributed by atoms with Crippen LogP contribution in [0, 0.1) is 5.82 Å². The Labute approximate surface area is 117 Å². The fourth-order valence-electron chi connectivity index (χ4n) is 3.46. The average Bonchev–Trinajstić information content (AvgIpc) is 2.85. The van der Waals surface area contributed by atoms with Crippen molar-refractivity contribution < 1.29 is 14.3 Å². The van der Waals surface area contributed by atoms with E-state index in [1.165, 1.54) is 12.1 Å². The molecule has 2 aliphatic rings. The number of rotatable bonds is 3. The maximum Gasteiger partial charge on any atom is 0.329 e. The van der Waals surface area contributed by atoms with Gasteiger partial charge in [-0.3, -0.25) is 0 Å². The predicted octanol–water partition coefficient (Wildman–Crippen LogP) is 2.32. The van der Waals surface area contributed by atoms with E-state index in [-0.39, 0.29) is 5.82 Å². The van der Waals surface area contributed by atoms with Crippen LogP contribution in [0.2, 0.25) is 0 Å². The van der Waals surface area contributed by atoms with Crippen molar-refractivity contribution >= 4 is 11.7 Å². The van der Waals surface area contributed by atoms with Crippen LogP contribution in [0.25, 0.3) is 0 Å². The van der Waals surface area contributed by atoms with Gasteiger partial charge in [0.15, 0.2) is 0 Å².